The molecule has 0 aliphatic rings. The minimum absolute atomic E-state index is 1.13. The highest BCUT2D eigenvalue weighted by molar-refractivity contribution is 5.47. The van der Waals surface area contributed by atoms with Crippen molar-refractivity contribution in [2.75, 3.05) is 0 Å². The van der Waals surface area contributed by atoms with E-state index < -0.39 is 0 Å². The monoisotopic (exact) mass is 149 g/mol. The number of aromatic amines is 1. The third-order valence-corrected chi connectivity index (χ3v) is 1.39. The fraction of sp³-hybridized carbons (Fsp3) is 0.200. The topological polar surface area (TPSA) is 15.8 Å². The van der Waals surface area contributed by atoms with Crippen LogP contribution in [0.3, 0.4) is 0 Å². The van der Waals surface area contributed by atoms with Crippen molar-refractivity contribution in [3.05, 3.63) is 42.8 Å². The molecule has 0 saturated heterocycles. The lowest BCUT2D eigenvalue weighted by atomic mass is 10.3. The third-order valence-electron chi connectivity index (χ3n) is 1.39. The van der Waals surface area contributed by atoms with Gasteiger partial charge in [0.2, 0.25) is 0 Å². The Labute approximate surface area is 68.5 Å². The molecule has 0 atom stereocenters. The van der Waals surface area contributed by atoms with Crippen molar-refractivity contribution in [3.63, 3.8) is 0 Å². The molecule has 0 radical (unpaired) electrons. The Balaban J connectivity index is 0.000000461. The number of hydrogen-bond donors (Lipinski definition) is 1. The smallest absolute Gasteiger partial charge is 0.0406 e. The van der Waals surface area contributed by atoms with Gasteiger partial charge in [-0.05, 0) is 31.6 Å². The van der Waals surface area contributed by atoms with Crippen LogP contribution in [0.5, 0.6) is 0 Å². The quantitative estimate of drug-likeness (QED) is 0.590. The number of rotatable bonds is 1. The van der Waals surface area contributed by atoms with Crippen LogP contribution in [0.25, 0.3) is 6.08 Å². The van der Waals surface area contributed by atoms with Gasteiger partial charge in [0.25, 0.3) is 0 Å². The zero-order chi connectivity index (χ0) is 8.85. The van der Waals surface area contributed by atoms with Crippen LogP contribution >= 0.6 is 0 Å². The van der Waals surface area contributed by atoms with Crippen molar-refractivity contribution in [2.45, 2.75) is 13.8 Å². The SMILES string of the molecule is C=C.C=Cc1[nH]c(C)cc1C. The lowest BCUT2D eigenvalue weighted by molar-refractivity contribution is 1.24. The number of aromatic nitrogens is 1. The molecule has 1 heterocycles. The van der Waals surface area contributed by atoms with Gasteiger partial charge in [0.1, 0.15) is 0 Å². The van der Waals surface area contributed by atoms with Crippen LogP contribution in [0.15, 0.2) is 25.8 Å². The first-order chi connectivity index (χ1) is 5.24. The normalized spacial score (nSPS) is 8.18. The highest BCUT2D eigenvalue weighted by atomic mass is 14.7. The summed E-state index contributed by atoms with van der Waals surface area (Å²) >= 11 is 0. The first kappa shape index (κ1) is 9.76. The molecule has 1 rings (SSSR count). The zero-order valence-electron chi connectivity index (χ0n) is 7.28. The molecule has 0 aliphatic heterocycles. The summed E-state index contributed by atoms with van der Waals surface area (Å²) < 4.78 is 0. The van der Waals surface area contributed by atoms with Crippen molar-refractivity contribution in [1.82, 2.24) is 4.98 Å². The summed E-state index contributed by atoms with van der Waals surface area (Å²) in [7, 11) is 0. The molecular formula is C10H15N. The molecule has 1 nitrogen and oxygen atoms in total. The Bertz CT molecular complexity index is 233. The van der Waals surface area contributed by atoms with E-state index in [0.717, 1.165) is 5.69 Å². The fourth-order valence-electron chi connectivity index (χ4n) is 0.962. The average Bonchev–Trinajstić information content (AvgIpc) is 2.33. The lowest BCUT2D eigenvalue weighted by Crippen LogP contribution is -1.72. The Hall–Kier alpha value is -1.24. The Morgan fingerprint density at radius 3 is 2.09 bits per heavy atom. The largest absolute Gasteiger partial charge is 0.359 e. The maximum atomic E-state index is 3.67. The standard InChI is InChI=1S/C8H11N.C2H4/c1-4-8-6(2)5-7(3)9-8;1-2/h4-5,9H,1H2,2-3H3;1-2H2. The molecule has 0 spiro atoms. The van der Waals surface area contributed by atoms with Gasteiger partial charge in [-0.3, -0.25) is 0 Å². The highest BCUT2D eigenvalue weighted by Gasteiger charge is 1.94. The molecule has 0 fully saturated rings. The molecule has 60 valence electrons. The van der Waals surface area contributed by atoms with Crippen molar-refractivity contribution in [2.24, 2.45) is 0 Å². The van der Waals surface area contributed by atoms with Crippen LogP contribution in [-0.2, 0) is 0 Å². The molecule has 0 bridgehead atoms. The lowest BCUT2D eigenvalue weighted by Gasteiger charge is -1.85. The average molecular weight is 149 g/mol. The van der Waals surface area contributed by atoms with Crippen LogP contribution < -0.4 is 0 Å². The zero-order valence-corrected chi connectivity index (χ0v) is 7.28. The van der Waals surface area contributed by atoms with Gasteiger partial charge in [-0.25, -0.2) is 0 Å². The number of nitrogens with one attached hydrogen (secondary N) is 1. The van der Waals surface area contributed by atoms with Crippen molar-refractivity contribution < 1.29 is 0 Å². The summed E-state index contributed by atoms with van der Waals surface area (Å²) in [6.07, 6.45) is 1.84. The van der Waals surface area contributed by atoms with Crippen molar-refractivity contribution in [1.29, 1.82) is 0 Å². The van der Waals surface area contributed by atoms with Crippen molar-refractivity contribution in [3.8, 4) is 0 Å². The second-order valence-electron chi connectivity index (χ2n) is 2.25. The van der Waals surface area contributed by atoms with Gasteiger partial charge in [-0.1, -0.05) is 6.58 Å². The van der Waals surface area contributed by atoms with Gasteiger partial charge in [0, 0.05) is 11.4 Å². The molecule has 1 N–H and O–H groups in total. The summed E-state index contributed by atoms with van der Waals surface area (Å²) in [5, 5.41) is 0. The molecule has 0 unspecified atom stereocenters. The second-order valence-corrected chi connectivity index (χ2v) is 2.25. The summed E-state index contributed by atoms with van der Waals surface area (Å²) in [4.78, 5) is 3.18. The molecule has 1 heteroatoms. The fourth-order valence-corrected chi connectivity index (χ4v) is 0.962. The molecule has 0 amide bonds. The second kappa shape index (κ2) is 4.56. The van der Waals surface area contributed by atoms with E-state index in [1.807, 2.05) is 13.0 Å². The van der Waals surface area contributed by atoms with Crippen LogP contribution in [0.1, 0.15) is 17.0 Å². The van der Waals surface area contributed by atoms with E-state index in [1.165, 1.54) is 11.3 Å². The highest BCUT2D eigenvalue weighted by Crippen LogP contribution is 2.08. The molecule has 11 heavy (non-hydrogen) atoms. The first-order valence-electron chi connectivity index (χ1n) is 3.52. The summed E-state index contributed by atoms with van der Waals surface area (Å²) in [5.41, 5.74) is 3.59. The molecule has 1 aromatic rings. The predicted octanol–water partition coefficient (Wildman–Crippen LogP) is 3.08. The molecular weight excluding hydrogens is 134 g/mol. The van der Waals surface area contributed by atoms with Crippen molar-refractivity contribution >= 4 is 6.08 Å². The number of aryl methyl sites for hydroxylation is 2. The van der Waals surface area contributed by atoms with E-state index in [9.17, 15) is 0 Å². The third kappa shape index (κ3) is 2.46. The summed E-state index contributed by atoms with van der Waals surface area (Å²) in [6, 6.07) is 2.11. The van der Waals surface area contributed by atoms with Crippen LogP contribution in [-0.4, -0.2) is 4.98 Å². The predicted molar refractivity (Wildman–Crippen MR) is 51.6 cm³/mol. The number of H-pyrrole nitrogens is 1. The van der Waals surface area contributed by atoms with Crippen LogP contribution in [0.2, 0.25) is 0 Å². The van der Waals surface area contributed by atoms with Gasteiger partial charge in [-0.15, -0.1) is 13.2 Å². The van der Waals surface area contributed by atoms with E-state index in [2.05, 4.69) is 37.7 Å². The van der Waals surface area contributed by atoms with E-state index in [1.54, 1.807) is 0 Å². The maximum Gasteiger partial charge on any atom is 0.0406 e. The Kier molecular flexibility index (Phi) is 4.04. The van der Waals surface area contributed by atoms with Gasteiger partial charge >= 0.3 is 0 Å². The van der Waals surface area contributed by atoms with E-state index in [0.29, 0.717) is 0 Å². The van der Waals surface area contributed by atoms with Crippen LogP contribution in [0, 0.1) is 13.8 Å². The first-order valence-corrected chi connectivity index (χ1v) is 3.52. The minimum Gasteiger partial charge on any atom is -0.359 e. The van der Waals surface area contributed by atoms with E-state index >= 15 is 0 Å². The van der Waals surface area contributed by atoms with Crippen LogP contribution in [0.4, 0.5) is 0 Å². The molecule has 0 aromatic carbocycles. The summed E-state index contributed by atoms with van der Waals surface area (Å²) in [5.74, 6) is 0. The molecule has 0 saturated carbocycles. The Morgan fingerprint density at radius 1 is 1.36 bits per heavy atom. The van der Waals surface area contributed by atoms with Gasteiger partial charge in [-0.2, -0.15) is 0 Å². The van der Waals surface area contributed by atoms with E-state index in [4.69, 9.17) is 0 Å². The van der Waals surface area contributed by atoms with Gasteiger partial charge < -0.3 is 4.98 Å². The maximum absolute atomic E-state index is 3.67. The van der Waals surface area contributed by atoms with Gasteiger partial charge in [0.05, 0.1) is 0 Å². The molecule has 0 aliphatic carbocycles. The molecule has 1 aromatic heterocycles. The summed E-state index contributed by atoms with van der Waals surface area (Å²) in [6.45, 7) is 13.8. The van der Waals surface area contributed by atoms with E-state index in [-0.39, 0.29) is 0 Å². The Morgan fingerprint density at radius 2 is 1.91 bits per heavy atom. The number of hydrogen-bond acceptors (Lipinski definition) is 0. The minimum atomic E-state index is 1.13. The van der Waals surface area contributed by atoms with Gasteiger partial charge in [0.15, 0.2) is 0 Å².